The lowest BCUT2D eigenvalue weighted by Crippen LogP contribution is -2.32. The molecular formula is C15H19ClN4O2. The van der Waals surface area contributed by atoms with Gasteiger partial charge in [0.1, 0.15) is 5.15 Å². The number of nitrogens with one attached hydrogen (secondary N) is 1. The van der Waals surface area contributed by atoms with Gasteiger partial charge in [-0.2, -0.15) is 0 Å². The van der Waals surface area contributed by atoms with Crippen molar-refractivity contribution in [1.29, 1.82) is 0 Å². The van der Waals surface area contributed by atoms with Crippen LogP contribution in [0.2, 0.25) is 5.15 Å². The van der Waals surface area contributed by atoms with Crippen LogP contribution in [0.3, 0.4) is 0 Å². The maximum Gasteiger partial charge on any atom is 0.271 e. The second kappa shape index (κ2) is 6.64. The third-order valence-corrected chi connectivity index (χ3v) is 4.13. The summed E-state index contributed by atoms with van der Waals surface area (Å²) in [5.74, 6) is 0. The van der Waals surface area contributed by atoms with E-state index < -0.39 is 0 Å². The predicted molar refractivity (Wildman–Crippen MR) is 84.0 cm³/mol. The van der Waals surface area contributed by atoms with Gasteiger partial charge in [0, 0.05) is 45.1 Å². The van der Waals surface area contributed by atoms with Crippen LogP contribution in [0.5, 0.6) is 0 Å². The van der Waals surface area contributed by atoms with E-state index in [0.717, 1.165) is 36.3 Å². The summed E-state index contributed by atoms with van der Waals surface area (Å²) < 4.78 is 6.68. The Hall–Kier alpha value is -1.63. The van der Waals surface area contributed by atoms with Gasteiger partial charge >= 0.3 is 0 Å². The number of aromatic nitrogens is 3. The van der Waals surface area contributed by atoms with Crippen molar-refractivity contribution in [3.63, 3.8) is 0 Å². The molecule has 0 saturated carbocycles. The van der Waals surface area contributed by atoms with E-state index in [9.17, 15) is 4.79 Å². The van der Waals surface area contributed by atoms with E-state index in [1.54, 1.807) is 24.1 Å². The molecule has 2 aromatic rings. The fourth-order valence-electron chi connectivity index (χ4n) is 2.75. The van der Waals surface area contributed by atoms with E-state index in [0.29, 0.717) is 24.8 Å². The van der Waals surface area contributed by atoms with Crippen LogP contribution in [0.15, 0.2) is 23.1 Å². The highest BCUT2D eigenvalue weighted by molar-refractivity contribution is 6.29. The largest absolute Gasteiger partial charge is 0.383 e. The average Bonchev–Trinajstić information content (AvgIpc) is 2.84. The Morgan fingerprint density at radius 1 is 1.45 bits per heavy atom. The van der Waals surface area contributed by atoms with Crippen molar-refractivity contribution >= 4 is 11.6 Å². The van der Waals surface area contributed by atoms with Gasteiger partial charge in [0.05, 0.1) is 18.7 Å². The highest BCUT2D eigenvalue weighted by atomic mass is 35.5. The third kappa shape index (κ3) is 3.24. The zero-order valence-corrected chi connectivity index (χ0v) is 13.3. The Kier molecular flexibility index (Phi) is 4.61. The van der Waals surface area contributed by atoms with Crippen molar-refractivity contribution in [3.05, 3.63) is 50.7 Å². The van der Waals surface area contributed by atoms with Gasteiger partial charge in [-0.3, -0.25) is 19.5 Å². The summed E-state index contributed by atoms with van der Waals surface area (Å²) in [5, 5.41) is 3.69. The lowest BCUT2D eigenvalue weighted by Gasteiger charge is -2.25. The summed E-state index contributed by atoms with van der Waals surface area (Å²) in [6.45, 7) is 3.43. The van der Waals surface area contributed by atoms with Gasteiger partial charge in [0.2, 0.25) is 0 Å². The number of H-pyrrole nitrogens is 1. The summed E-state index contributed by atoms with van der Waals surface area (Å²) in [5.41, 5.74) is 3.07. The molecule has 0 amide bonds. The summed E-state index contributed by atoms with van der Waals surface area (Å²) in [6, 6.07) is 3.76. The van der Waals surface area contributed by atoms with Crippen molar-refractivity contribution < 1.29 is 4.74 Å². The van der Waals surface area contributed by atoms with Crippen LogP contribution < -0.4 is 5.56 Å². The van der Waals surface area contributed by atoms with E-state index in [4.69, 9.17) is 16.3 Å². The fraction of sp³-hybridized carbons (Fsp3) is 0.467. The van der Waals surface area contributed by atoms with Gasteiger partial charge in [-0.25, -0.2) is 4.98 Å². The number of methoxy groups -OCH3 is 1. The Bertz CT molecular complexity index is 693. The molecule has 0 aliphatic carbocycles. The SMILES string of the molecule is COCCn1[nH]c2c(c1=O)CN(Cc1ccc(Cl)nc1)CC2. The number of nitrogens with zero attached hydrogens (tertiary/aromatic N) is 3. The minimum Gasteiger partial charge on any atom is -0.383 e. The monoisotopic (exact) mass is 322 g/mol. The molecule has 3 rings (SSSR count). The van der Waals surface area contributed by atoms with Crippen LogP contribution in [-0.4, -0.2) is 39.9 Å². The number of hydrogen-bond acceptors (Lipinski definition) is 4. The Morgan fingerprint density at radius 2 is 2.32 bits per heavy atom. The normalized spacial score (nSPS) is 15.0. The summed E-state index contributed by atoms with van der Waals surface area (Å²) >= 11 is 5.80. The minimum absolute atomic E-state index is 0.0611. The van der Waals surface area contributed by atoms with Crippen molar-refractivity contribution in [2.24, 2.45) is 0 Å². The van der Waals surface area contributed by atoms with Gasteiger partial charge in [-0.05, 0) is 11.6 Å². The fourth-order valence-corrected chi connectivity index (χ4v) is 2.86. The van der Waals surface area contributed by atoms with Crippen molar-refractivity contribution in [2.45, 2.75) is 26.1 Å². The number of halogens is 1. The molecule has 0 radical (unpaired) electrons. The minimum atomic E-state index is 0.0611. The molecule has 0 atom stereocenters. The van der Waals surface area contributed by atoms with E-state index in [2.05, 4.69) is 15.0 Å². The van der Waals surface area contributed by atoms with E-state index in [-0.39, 0.29) is 5.56 Å². The molecule has 22 heavy (non-hydrogen) atoms. The first kappa shape index (κ1) is 15.3. The number of rotatable bonds is 5. The molecule has 0 aromatic carbocycles. The molecular weight excluding hydrogens is 304 g/mol. The van der Waals surface area contributed by atoms with Crippen LogP contribution in [-0.2, 0) is 30.8 Å². The first-order valence-electron chi connectivity index (χ1n) is 7.29. The molecule has 3 heterocycles. The molecule has 6 nitrogen and oxygen atoms in total. The number of fused-ring (bicyclic) bond motifs is 1. The number of aromatic amines is 1. The average molecular weight is 323 g/mol. The second-order valence-electron chi connectivity index (χ2n) is 5.47. The molecule has 1 aliphatic heterocycles. The predicted octanol–water partition coefficient (Wildman–Crippen LogP) is 1.43. The molecule has 0 saturated heterocycles. The zero-order chi connectivity index (χ0) is 15.5. The number of pyridine rings is 1. The van der Waals surface area contributed by atoms with Crippen LogP contribution >= 0.6 is 11.6 Å². The van der Waals surface area contributed by atoms with E-state index >= 15 is 0 Å². The van der Waals surface area contributed by atoms with Crippen LogP contribution in [0.25, 0.3) is 0 Å². The van der Waals surface area contributed by atoms with Gasteiger partial charge < -0.3 is 4.74 Å². The second-order valence-corrected chi connectivity index (χ2v) is 5.86. The topological polar surface area (TPSA) is 63.1 Å². The summed E-state index contributed by atoms with van der Waals surface area (Å²) in [7, 11) is 1.63. The standard InChI is InChI=1S/C15H19ClN4O2/c1-22-7-6-20-15(21)12-10-19(5-4-13(12)18-20)9-11-2-3-14(16)17-8-11/h2-3,8,18H,4-7,9-10H2,1H3. The lowest BCUT2D eigenvalue weighted by atomic mass is 10.1. The van der Waals surface area contributed by atoms with E-state index in [1.807, 2.05) is 6.07 Å². The highest BCUT2D eigenvalue weighted by Crippen LogP contribution is 2.17. The van der Waals surface area contributed by atoms with Gasteiger partial charge in [-0.1, -0.05) is 17.7 Å². The van der Waals surface area contributed by atoms with Gasteiger partial charge in [0.15, 0.2) is 0 Å². The van der Waals surface area contributed by atoms with Crippen molar-refractivity contribution in [3.8, 4) is 0 Å². The van der Waals surface area contributed by atoms with Crippen molar-refractivity contribution in [1.82, 2.24) is 19.7 Å². The Balaban J connectivity index is 1.71. The molecule has 118 valence electrons. The third-order valence-electron chi connectivity index (χ3n) is 3.91. The van der Waals surface area contributed by atoms with Gasteiger partial charge in [-0.15, -0.1) is 0 Å². The first-order valence-corrected chi connectivity index (χ1v) is 7.67. The molecule has 0 bridgehead atoms. The molecule has 1 aliphatic rings. The smallest absolute Gasteiger partial charge is 0.271 e. The zero-order valence-electron chi connectivity index (χ0n) is 12.5. The molecule has 0 unspecified atom stereocenters. The molecule has 2 aromatic heterocycles. The van der Waals surface area contributed by atoms with Crippen LogP contribution in [0.1, 0.15) is 16.8 Å². The highest BCUT2D eigenvalue weighted by Gasteiger charge is 2.22. The summed E-state index contributed by atoms with van der Waals surface area (Å²) in [6.07, 6.45) is 2.64. The first-order chi connectivity index (χ1) is 10.7. The maximum atomic E-state index is 12.4. The van der Waals surface area contributed by atoms with Crippen LogP contribution in [0, 0.1) is 0 Å². The maximum absolute atomic E-state index is 12.4. The molecule has 1 N–H and O–H groups in total. The molecule has 7 heteroatoms. The Morgan fingerprint density at radius 3 is 3.05 bits per heavy atom. The molecule has 0 fully saturated rings. The van der Waals surface area contributed by atoms with Gasteiger partial charge in [0.25, 0.3) is 5.56 Å². The quantitative estimate of drug-likeness (QED) is 0.846. The Labute approximate surface area is 133 Å². The molecule has 0 spiro atoms. The van der Waals surface area contributed by atoms with Crippen molar-refractivity contribution in [2.75, 3.05) is 20.3 Å². The lowest BCUT2D eigenvalue weighted by molar-refractivity contribution is 0.182. The summed E-state index contributed by atoms with van der Waals surface area (Å²) in [4.78, 5) is 18.7. The number of hydrogen-bond donors (Lipinski definition) is 1. The number of ether oxygens (including phenoxy) is 1. The van der Waals surface area contributed by atoms with Crippen LogP contribution in [0.4, 0.5) is 0 Å². The van der Waals surface area contributed by atoms with E-state index in [1.165, 1.54) is 0 Å².